The monoisotopic (exact) mass is 402 g/mol. The number of morpholine rings is 1. The lowest BCUT2D eigenvalue weighted by Crippen LogP contribution is -2.40. The zero-order chi connectivity index (χ0) is 19.0. The van der Waals surface area contributed by atoms with Crippen LogP contribution in [0.4, 0.5) is 5.69 Å². The molecule has 8 nitrogen and oxygen atoms in total. The maximum absolute atomic E-state index is 12.5. The predicted molar refractivity (Wildman–Crippen MR) is 98.6 cm³/mol. The van der Waals surface area contributed by atoms with Crippen LogP contribution >= 0.6 is 11.8 Å². The normalized spacial score (nSPS) is 15.4. The van der Waals surface area contributed by atoms with Crippen molar-refractivity contribution in [2.75, 3.05) is 49.7 Å². The molecular formula is C16H22N2O6S2. The molecule has 0 spiro atoms. The molecule has 26 heavy (non-hydrogen) atoms. The lowest BCUT2D eigenvalue weighted by Gasteiger charge is -2.26. The number of benzene rings is 1. The standard InChI is InChI=1S/C16H22N2O6S2/c1-2-24-16(20)12-25-11-15(19)17-13-3-5-14(6-4-13)26(21,22)18-7-9-23-10-8-18/h3-6H,2,7-12H2,1H3,(H,17,19). The van der Waals surface area contributed by atoms with Gasteiger partial charge in [0.05, 0.1) is 36.2 Å². The average molecular weight is 402 g/mol. The Morgan fingerprint density at radius 2 is 1.85 bits per heavy atom. The number of thioether (sulfide) groups is 1. The van der Waals surface area contributed by atoms with Crippen LogP contribution < -0.4 is 5.32 Å². The van der Waals surface area contributed by atoms with Crippen LogP contribution in [0.5, 0.6) is 0 Å². The minimum Gasteiger partial charge on any atom is -0.465 e. The molecule has 1 aromatic rings. The number of esters is 1. The quantitative estimate of drug-likeness (QED) is 0.646. The number of nitrogens with zero attached hydrogens (tertiary/aromatic N) is 1. The molecule has 0 saturated carbocycles. The SMILES string of the molecule is CCOC(=O)CSCC(=O)Nc1ccc(S(=O)(=O)N2CCOCC2)cc1. The Morgan fingerprint density at radius 1 is 1.19 bits per heavy atom. The summed E-state index contributed by atoms with van der Waals surface area (Å²) in [6.45, 7) is 3.47. The van der Waals surface area contributed by atoms with Crippen molar-refractivity contribution in [3.05, 3.63) is 24.3 Å². The summed E-state index contributed by atoms with van der Waals surface area (Å²) in [5.41, 5.74) is 0.493. The lowest BCUT2D eigenvalue weighted by atomic mass is 10.3. The number of nitrogens with one attached hydrogen (secondary N) is 1. The largest absolute Gasteiger partial charge is 0.465 e. The molecule has 0 unspecified atom stereocenters. The zero-order valence-electron chi connectivity index (χ0n) is 14.5. The van der Waals surface area contributed by atoms with Crippen LogP contribution in [-0.2, 0) is 29.1 Å². The smallest absolute Gasteiger partial charge is 0.315 e. The highest BCUT2D eigenvalue weighted by Gasteiger charge is 2.26. The van der Waals surface area contributed by atoms with Crippen molar-refractivity contribution in [1.82, 2.24) is 4.31 Å². The first kappa shape index (κ1) is 20.7. The number of rotatable bonds is 8. The van der Waals surface area contributed by atoms with Crippen LogP contribution in [0.3, 0.4) is 0 Å². The van der Waals surface area contributed by atoms with Gasteiger partial charge in [-0.3, -0.25) is 9.59 Å². The molecule has 1 aromatic carbocycles. The number of carbonyl (C=O) groups is 2. The van der Waals surface area contributed by atoms with E-state index < -0.39 is 10.0 Å². The van der Waals surface area contributed by atoms with Gasteiger partial charge in [0.2, 0.25) is 15.9 Å². The van der Waals surface area contributed by atoms with Crippen molar-refractivity contribution in [2.24, 2.45) is 0 Å². The van der Waals surface area contributed by atoms with Gasteiger partial charge in [-0.15, -0.1) is 11.8 Å². The molecule has 1 amide bonds. The molecule has 10 heteroatoms. The van der Waals surface area contributed by atoms with Gasteiger partial charge in [-0.05, 0) is 31.2 Å². The molecule has 1 heterocycles. The molecule has 1 aliphatic rings. The van der Waals surface area contributed by atoms with Gasteiger partial charge in [0.15, 0.2) is 0 Å². The molecule has 144 valence electrons. The average Bonchev–Trinajstić information content (AvgIpc) is 2.63. The Hall–Kier alpha value is -1.62. The van der Waals surface area contributed by atoms with Crippen molar-refractivity contribution in [3.63, 3.8) is 0 Å². The maximum Gasteiger partial charge on any atom is 0.315 e. The van der Waals surface area contributed by atoms with Gasteiger partial charge >= 0.3 is 5.97 Å². The van der Waals surface area contributed by atoms with E-state index in [1.165, 1.54) is 16.4 Å². The first-order chi connectivity index (χ1) is 12.4. The van der Waals surface area contributed by atoms with E-state index in [0.717, 1.165) is 11.8 Å². The molecule has 0 radical (unpaired) electrons. The van der Waals surface area contributed by atoms with E-state index in [9.17, 15) is 18.0 Å². The zero-order valence-corrected chi connectivity index (χ0v) is 16.1. The lowest BCUT2D eigenvalue weighted by molar-refractivity contribution is -0.139. The minimum absolute atomic E-state index is 0.104. The van der Waals surface area contributed by atoms with E-state index in [-0.39, 0.29) is 28.3 Å². The van der Waals surface area contributed by atoms with Gasteiger partial charge in [0, 0.05) is 18.8 Å². The van der Waals surface area contributed by atoms with Gasteiger partial charge in [-0.1, -0.05) is 0 Å². The summed E-state index contributed by atoms with van der Waals surface area (Å²) >= 11 is 1.15. The van der Waals surface area contributed by atoms with Gasteiger partial charge < -0.3 is 14.8 Å². The molecule has 1 aliphatic heterocycles. The number of hydrogen-bond donors (Lipinski definition) is 1. The Morgan fingerprint density at radius 3 is 2.46 bits per heavy atom. The van der Waals surface area contributed by atoms with Crippen LogP contribution in [0.25, 0.3) is 0 Å². The van der Waals surface area contributed by atoms with Crippen molar-refractivity contribution in [2.45, 2.75) is 11.8 Å². The van der Waals surface area contributed by atoms with Crippen LogP contribution in [0.1, 0.15) is 6.92 Å². The molecule has 0 aromatic heterocycles. The number of anilines is 1. The molecular weight excluding hydrogens is 380 g/mol. The fourth-order valence-corrected chi connectivity index (χ4v) is 4.29. The number of sulfonamides is 1. The van der Waals surface area contributed by atoms with E-state index in [1.807, 2.05) is 0 Å². The first-order valence-electron chi connectivity index (χ1n) is 8.14. The van der Waals surface area contributed by atoms with E-state index >= 15 is 0 Å². The van der Waals surface area contributed by atoms with E-state index in [0.29, 0.717) is 38.6 Å². The molecule has 0 atom stereocenters. The van der Waals surface area contributed by atoms with Gasteiger partial charge in [-0.2, -0.15) is 4.31 Å². The van der Waals surface area contributed by atoms with Crippen LogP contribution in [0.15, 0.2) is 29.2 Å². The van der Waals surface area contributed by atoms with Crippen molar-refractivity contribution >= 4 is 39.3 Å². The molecule has 0 bridgehead atoms. The Bertz CT molecular complexity index is 715. The third kappa shape index (κ3) is 5.97. The third-order valence-electron chi connectivity index (χ3n) is 3.50. The summed E-state index contributed by atoms with van der Waals surface area (Å²) in [5.74, 6) is -0.420. The molecule has 1 N–H and O–H groups in total. The second-order valence-electron chi connectivity index (χ2n) is 5.39. The number of ether oxygens (including phenoxy) is 2. The third-order valence-corrected chi connectivity index (χ3v) is 6.32. The van der Waals surface area contributed by atoms with Crippen molar-refractivity contribution < 1.29 is 27.5 Å². The summed E-state index contributed by atoms with van der Waals surface area (Å²) in [4.78, 5) is 23.2. The summed E-state index contributed by atoms with van der Waals surface area (Å²) in [6, 6.07) is 6.01. The Balaban J connectivity index is 1.86. The number of carbonyl (C=O) groups excluding carboxylic acids is 2. The van der Waals surface area contributed by atoms with E-state index in [4.69, 9.17) is 9.47 Å². The summed E-state index contributed by atoms with van der Waals surface area (Å²) in [6.07, 6.45) is 0. The number of amides is 1. The van der Waals surface area contributed by atoms with Crippen LogP contribution in [0.2, 0.25) is 0 Å². The molecule has 0 aliphatic carbocycles. The van der Waals surface area contributed by atoms with Crippen molar-refractivity contribution in [3.8, 4) is 0 Å². The fourth-order valence-electron chi connectivity index (χ4n) is 2.27. The highest BCUT2D eigenvalue weighted by molar-refractivity contribution is 8.00. The Kier molecular flexibility index (Phi) is 7.88. The van der Waals surface area contributed by atoms with Gasteiger partial charge in [0.25, 0.3) is 0 Å². The second kappa shape index (κ2) is 9.91. The second-order valence-corrected chi connectivity index (χ2v) is 8.31. The highest BCUT2D eigenvalue weighted by Crippen LogP contribution is 2.19. The minimum atomic E-state index is -3.55. The van der Waals surface area contributed by atoms with Gasteiger partial charge in [0.1, 0.15) is 0 Å². The molecule has 1 fully saturated rings. The number of hydrogen-bond acceptors (Lipinski definition) is 7. The molecule has 2 rings (SSSR count). The topological polar surface area (TPSA) is 102 Å². The van der Waals surface area contributed by atoms with Crippen molar-refractivity contribution in [1.29, 1.82) is 0 Å². The summed E-state index contributed by atoms with van der Waals surface area (Å²) in [5, 5.41) is 2.67. The summed E-state index contributed by atoms with van der Waals surface area (Å²) < 4.78 is 36.4. The van der Waals surface area contributed by atoms with Crippen LogP contribution in [-0.4, -0.2) is 69.0 Å². The van der Waals surface area contributed by atoms with E-state index in [2.05, 4.69) is 5.32 Å². The maximum atomic E-state index is 12.5. The Labute approximate surface area is 157 Å². The van der Waals surface area contributed by atoms with Gasteiger partial charge in [-0.25, -0.2) is 8.42 Å². The predicted octanol–water partition coefficient (Wildman–Crippen LogP) is 0.942. The summed E-state index contributed by atoms with van der Waals surface area (Å²) in [7, 11) is -3.55. The fraction of sp³-hybridized carbons (Fsp3) is 0.500. The van der Waals surface area contributed by atoms with E-state index in [1.54, 1.807) is 19.1 Å². The van der Waals surface area contributed by atoms with Crippen LogP contribution in [0, 0.1) is 0 Å². The first-order valence-corrected chi connectivity index (χ1v) is 10.7. The highest BCUT2D eigenvalue weighted by atomic mass is 32.2. The molecule has 1 saturated heterocycles.